The Morgan fingerprint density at radius 2 is 1.86 bits per heavy atom. The zero-order valence-corrected chi connectivity index (χ0v) is 26.4. The molecule has 1 aliphatic carbocycles. The number of amidine groups is 1. The van der Waals surface area contributed by atoms with Crippen LogP contribution in [0.25, 0.3) is 0 Å². The quantitative estimate of drug-likeness (QED) is 0.101. The molecule has 2 heterocycles. The maximum atomic E-state index is 13.7. The van der Waals surface area contributed by atoms with Gasteiger partial charge >= 0.3 is 5.97 Å². The molecule has 2 amide bonds. The van der Waals surface area contributed by atoms with Crippen molar-refractivity contribution in [2.45, 2.75) is 71.2 Å². The molecule has 1 aromatic heterocycles. The molecule has 1 saturated carbocycles. The molecule has 1 fully saturated rings. The first-order chi connectivity index (χ1) is 20.4. The molecule has 0 bridgehead atoms. The summed E-state index contributed by atoms with van der Waals surface area (Å²) in [6.45, 7) is 4.98. The third-order valence-corrected chi connectivity index (χ3v) is 8.64. The van der Waals surface area contributed by atoms with Gasteiger partial charge in [-0.2, -0.15) is 0 Å². The lowest BCUT2D eigenvalue weighted by Gasteiger charge is -2.34. The van der Waals surface area contributed by atoms with E-state index < -0.39 is 18.1 Å². The van der Waals surface area contributed by atoms with Crippen molar-refractivity contribution >= 4 is 47.4 Å². The lowest BCUT2D eigenvalue weighted by molar-refractivity contribution is -0.144. The van der Waals surface area contributed by atoms with E-state index in [1.54, 1.807) is 17.9 Å². The van der Waals surface area contributed by atoms with Gasteiger partial charge in [-0.05, 0) is 50.3 Å². The summed E-state index contributed by atoms with van der Waals surface area (Å²) in [5.74, 6) is -0.433. The van der Waals surface area contributed by atoms with Crippen molar-refractivity contribution in [1.29, 1.82) is 0 Å². The highest BCUT2D eigenvalue weighted by molar-refractivity contribution is 7.14. The molecule has 234 valence electrons. The highest BCUT2D eigenvalue weighted by atomic mass is 35.5. The largest absolute Gasteiger partial charge is 0.465 e. The Balaban J connectivity index is 0.00000506. The maximum absolute atomic E-state index is 13.7. The number of aryl methyl sites for hydroxylation is 1. The third-order valence-electron chi connectivity index (χ3n) is 7.53. The number of benzene rings is 1. The summed E-state index contributed by atoms with van der Waals surface area (Å²) in [4.78, 5) is 47.6. The topological polar surface area (TPSA) is 135 Å². The van der Waals surface area contributed by atoms with Crippen LogP contribution in [0.1, 0.15) is 59.9 Å². The van der Waals surface area contributed by atoms with Gasteiger partial charge in [-0.3, -0.25) is 19.7 Å². The van der Waals surface area contributed by atoms with E-state index in [4.69, 9.17) is 15.3 Å². The van der Waals surface area contributed by atoms with Crippen LogP contribution >= 0.6 is 23.7 Å². The van der Waals surface area contributed by atoms with Crippen molar-refractivity contribution in [1.82, 2.24) is 15.5 Å². The van der Waals surface area contributed by atoms with Gasteiger partial charge in [-0.25, -0.2) is 0 Å². The minimum Gasteiger partial charge on any atom is -0.465 e. The van der Waals surface area contributed by atoms with E-state index in [0.717, 1.165) is 47.4 Å². The lowest BCUT2D eigenvalue weighted by Crippen LogP contribution is -2.56. The zero-order chi connectivity index (χ0) is 29.9. The predicted octanol–water partition coefficient (Wildman–Crippen LogP) is 3.80. The first kappa shape index (κ1) is 34.1. The Kier molecular flexibility index (Phi) is 13.5. The second-order valence-electron chi connectivity index (χ2n) is 10.6. The van der Waals surface area contributed by atoms with Crippen molar-refractivity contribution in [3.8, 4) is 0 Å². The summed E-state index contributed by atoms with van der Waals surface area (Å²) in [5.41, 5.74) is 8.29. The number of thiophene rings is 1. The molecule has 10 nitrogen and oxygen atoms in total. The van der Waals surface area contributed by atoms with Gasteiger partial charge < -0.3 is 25.5 Å². The van der Waals surface area contributed by atoms with Gasteiger partial charge in [0.2, 0.25) is 11.8 Å². The van der Waals surface area contributed by atoms with E-state index in [9.17, 15) is 14.4 Å². The third kappa shape index (κ3) is 9.80. The molecule has 0 spiro atoms. The number of nitrogens with zero attached hydrogens (tertiary/aromatic N) is 2. The van der Waals surface area contributed by atoms with Crippen LogP contribution in [0, 0.1) is 12.8 Å². The van der Waals surface area contributed by atoms with Crippen LogP contribution in [0.3, 0.4) is 0 Å². The van der Waals surface area contributed by atoms with Crippen LogP contribution < -0.4 is 16.4 Å². The fraction of sp³-hybridized carbons (Fsp3) is 0.484. The lowest BCUT2D eigenvalue weighted by atomic mass is 9.83. The van der Waals surface area contributed by atoms with Gasteiger partial charge in [0.15, 0.2) is 5.84 Å². The van der Waals surface area contributed by atoms with E-state index >= 15 is 0 Å². The summed E-state index contributed by atoms with van der Waals surface area (Å²) in [5, 5.41) is 10.1. The summed E-state index contributed by atoms with van der Waals surface area (Å²) < 4.78 is 5.05. The van der Waals surface area contributed by atoms with E-state index in [-0.39, 0.29) is 49.1 Å². The molecular formula is C31H42ClN5O5S. The molecule has 2 aromatic rings. The first-order valence-corrected chi connectivity index (χ1v) is 15.4. The van der Waals surface area contributed by atoms with Crippen LogP contribution in [-0.4, -0.2) is 60.3 Å². The summed E-state index contributed by atoms with van der Waals surface area (Å²) in [7, 11) is 0. The molecule has 1 unspecified atom stereocenters. The first-order valence-electron chi connectivity index (χ1n) is 14.6. The zero-order valence-electron chi connectivity index (χ0n) is 24.8. The molecule has 12 heteroatoms. The fourth-order valence-electron chi connectivity index (χ4n) is 5.28. The highest BCUT2D eigenvalue weighted by Crippen LogP contribution is 2.28. The number of ether oxygens (including phenoxy) is 1. The van der Waals surface area contributed by atoms with E-state index in [1.807, 2.05) is 49.4 Å². The minimum absolute atomic E-state index is 0. The standard InChI is InChI=1S/C31H41N5O5S.ClH/c1-3-40-27(37)19-33-28(23-8-5-4-6-9-23)31(39)36-17-7-10-25(36)30(38)34-18-24-15-16-26(42-24)29(32)35-41-20-22-13-11-21(2)12-14-22;/h7,10-16,23,25,28,33H,3-6,8-9,17-20H2,1-2H3,(H2,32,35)(H,34,38);1H/t25?,28-;/m1./s1. The number of nitrogens with two attached hydrogens (primary N) is 1. The Morgan fingerprint density at radius 1 is 1.12 bits per heavy atom. The number of carbonyl (C=O) groups is 3. The Hall–Kier alpha value is -3.41. The molecule has 2 aliphatic rings. The summed E-state index contributed by atoms with van der Waals surface area (Å²) in [6, 6.07) is 10.5. The van der Waals surface area contributed by atoms with Gasteiger partial charge in [0.05, 0.1) is 30.6 Å². The number of nitrogens with one attached hydrogen (secondary N) is 2. The van der Waals surface area contributed by atoms with Gasteiger partial charge in [-0.1, -0.05) is 66.4 Å². The van der Waals surface area contributed by atoms with Crippen LogP contribution in [0.15, 0.2) is 53.7 Å². The summed E-state index contributed by atoms with van der Waals surface area (Å²) in [6.07, 6.45) is 8.66. The average Bonchev–Trinajstić information content (AvgIpc) is 3.68. The van der Waals surface area contributed by atoms with Gasteiger partial charge in [0, 0.05) is 11.4 Å². The smallest absolute Gasteiger partial charge is 0.319 e. The van der Waals surface area contributed by atoms with Crippen LogP contribution in [0.4, 0.5) is 0 Å². The number of oxime groups is 1. The maximum Gasteiger partial charge on any atom is 0.319 e. The Labute approximate surface area is 263 Å². The van der Waals surface area contributed by atoms with Crippen molar-refractivity contribution in [3.05, 3.63) is 69.4 Å². The number of carbonyl (C=O) groups excluding carboxylic acids is 3. The Bertz CT molecular complexity index is 1280. The number of hydrogen-bond donors (Lipinski definition) is 3. The SMILES string of the molecule is CCOC(=O)CN[C@@H](C(=O)N1CC=CC1C(=O)NCc1ccc(/C(N)=N/OCc2ccc(C)cc2)s1)C1CCCCC1.Cl. The van der Waals surface area contributed by atoms with Crippen molar-refractivity contribution in [2.24, 2.45) is 16.8 Å². The molecule has 43 heavy (non-hydrogen) atoms. The average molecular weight is 632 g/mol. The monoisotopic (exact) mass is 631 g/mol. The molecule has 4 rings (SSSR count). The molecule has 1 aromatic carbocycles. The van der Waals surface area contributed by atoms with E-state index in [1.165, 1.54) is 16.9 Å². The molecule has 0 radical (unpaired) electrons. The van der Waals surface area contributed by atoms with Crippen LogP contribution in [-0.2, 0) is 37.1 Å². The van der Waals surface area contributed by atoms with Crippen molar-refractivity contribution in [2.75, 3.05) is 19.7 Å². The molecule has 1 aliphatic heterocycles. The number of rotatable bonds is 13. The van der Waals surface area contributed by atoms with E-state index in [2.05, 4.69) is 15.8 Å². The van der Waals surface area contributed by atoms with Crippen LogP contribution in [0.2, 0.25) is 0 Å². The number of halogens is 1. The van der Waals surface area contributed by atoms with Crippen molar-refractivity contribution < 1.29 is 24.0 Å². The fourth-order valence-corrected chi connectivity index (χ4v) is 6.12. The number of amides is 2. The van der Waals surface area contributed by atoms with Crippen LogP contribution in [0.5, 0.6) is 0 Å². The van der Waals surface area contributed by atoms with Crippen molar-refractivity contribution in [3.63, 3.8) is 0 Å². The second-order valence-corrected chi connectivity index (χ2v) is 11.8. The molecule has 0 saturated heterocycles. The second kappa shape index (κ2) is 17.0. The molecule has 4 N–H and O–H groups in total. The van der Waals surface area contributed by atoms with Gasteiger partial charge in [-0.15, -0.1) is 23.7 Å². The normalized spacial score (nSPS) is 17.7. The van der Waals surface area contributed by atoms with Gasteiger partial charge in [0.25, 0.3) is 0 Å². The number of hydrogen-bond acceptors (Lipinski definition) is 8. The highest BCUT2D eigenvalue weighted by Gasteiger charge is 2.38. The molecular weight excluding hydrogens is 590 g/mol. The minimum atomic E-state index is -0.714. The Morgan fingerprint density at radius 3 is 2.58 bits per heavy atom. The van der Waals surface area contributed by atoms with E-state index in [0.29, 0.717) is 19.7 Å². The summed E-state index contributed by atoms with van der Waals surface area (Å²) >= 11 is 1.41. The molecule has 2 atom stereocenters. The van der Waals surface area contributed by atoms with Gasteiger partial charge in [0.1, 0.15) is 12.6 Å². The predicted molar refractivity (Wildman–Crippen MR) is 170 cm³/mol. The number of esters is 1.